The lowest BCUT2D eigenvalue weighted by molar-refractivity contribution is 0.0696. The highest BCUT2D eigenvalue weighted by atomic mass is 35.5. The van der Waals surface area contributed by atoms with Crippen LogP contribution in [0.3, 0.4) is 0 Å². The minimum absolute atomic E-state index is 0.0208. The quantitative estimate of drug-likeness (QED) is 0.469. The van der Waals surface area contributed by atoms with Gasteiger partial charge in [-0.2, -0.15) is 0 Å². The molecule has 0 aliphatic carbocycles. The lowest BCUT2D eigenvalue weighted by Crippen LogP contribution is -2.17. The summed E-state index contributed by atoms with van der Waals surface area (Å²) in [7, 11) is -8.13. The molecule has 3 aromatic carbocycles. The first-order valence-electron chi connectivity index (χ1n) is 8.74. The monoisotopic (exact) mass is 480 g/mol. The van der Waals surface area contributed by atoms with E-state index in [1.165, 1.54) is 30.3 Å². The predicted molar refractivity (Wildman–Crippen MR) is 118 cm³/mol. The lowest BCUT2D eigenvalue weighted by Gasteiger charge is -2.14. The van der Waals surface area contributed by atoms with Gasteiger partial charge in [0.05, 0.1) is 31.8 Å². The Morgan fingerprint density at radius 3 is 2.13 bits per heavy atom. The summed E-state index contributed by atoms with van der Waals surface area (Å²) < 4.78 is 55.7. The van der Waals surface area contributed by atoms with Gasteiger partial charge in [0.1, 0.15) is 0 Å². The van der Waals surface area contributed by atoms with E-state index in [0.717, 1.165) is 24.3 Å². The van der Waals surface area contributed by atoms with Crippen molar-refractivity contribution in [2.45, 2.75) is 16.7 Å². The van der Waals surface area contributed by atoms with E-state index < -0.39 is 26.0 Å². The van der Waals surface area contributed by atoms with Gasteiger partial charge in [0, 0.05) is 0 Å². The summed E-state index contributed by atoms with van der Waals surface area (Å²) in [5, 5.41) is 9.15. The number of aromatic carboxylic acids is 1. The maximum atomic E-state index is 12.9. The molecule has 162 valence electrons. The number of benzene rings is 3. The Morgan fingerprint density at radius 2 is 1.52 bits per heavy atom. The fraction of sp³-hybridized carbons (Fsp3) is 0.0500. The summed E-state index contributed by atoms with van der Waals surface area (Å²) in [6.07, 6.45) is 0. The van der Waals surface area contributed by atoms with E-state index in [4.69, 9.17) is 16.7 Å². The second kappa shape index (κ2) is 8.58. The average Bonchev–Trinajstić information content (AvgIpc) is 2.71. The van der Waals surface area contributed by atoms with Gasteiger partial charge in [-0.15, -0.1) is 0 Å². The molecule has 0 bridgehead atoms. The van der Waals surface area contributed by atoms with Crippen molar-refractivity contribution in [2.24, 2.45) is 0 Å². The number of carbonyl (C=O) groups is 1. The molecular formula is C20H17ClN2O6S2. The van der Waals surface area contributed by atoms with Crippen molar-refractivity contribution in [2.75, 3.05) is 9.44 Å². The molecule has 31 heavy (non-hydrogen) atoms. The number of carboxylic acid groups (broad SMARTS) is 1. The third-order valence-corrected chi connectivity index (χ3v) is 7.49. The number of rotatable bonds is 7. The highest BCUT2D eigenvalue weighted by Gasteiger charge is 2.21. The molecule has 0 aromatic heterocycles. The van der Waals surface area contributed by atoms with Crippen LogP contribution in [0.2, 0.25) is 5.02 Å². The SMILES string of the molecule is Cc1ccc(NS(=O)(=O)c2ccc(C(=O)O)cc2)cc1S(=O)(=O)Nc1ccccc1Cl. The van der Waals surface area contributed by atoms with Gasteiger partial charge in [0.25, 0.3) is 20.0 Å². The Bertz CT molecular complexity index is 1350. The van der Waals surface area contributed by atoms with Crippen molar-refractivity contribution in [3.05, 3.63) is 82.9 Å². The van der Waals surface area contributed by atoms with Crippen LogP contribution in [0.25, 0.3) is 0 Å². The summed E-state index contributed by atoms with van der Waals surface area (Å²) in [6, 6.07) is 15.0. The smallest absolute Gasteiger partial charge is 0.335 e. The van der Waals surface area contributed by atoms with E-state index in [9.17, 15) is 21.6 Å². The van der Waals surface area contributed by atoms with Gasteiger partial charge >= 0.3 is 5.97 Å². The first kappa shape index (κ1) is 22.6. The van der Waals surface area contributed by atoms with Crippen molar-refractivity contribution < 1.29 is 26.7 Å². The highest BCUT2D eigenvalue weighted by molar-refractivity contribution is 7.93. The van der Waals surface area contributed by atoms with E-state index in [1.807, 2.05) is 0 Å². The van der Waals surface area contributed by atoms with E-state index in [0.29, 0.717) is 5.56 Å². The van der Waals surface area contributed by atoms with Crippen LogP contribution in [0.1, 0.15) is 15.9 Å². The minimum atomic E-state index is -4.08. The first-order chi connectivity index (χ1) is 14.5. The summed E-state index contributed by atoms with van der Waals surface area (Å²) in [5.74, 6) is -1.18. The maximum Gasteiger partial charge on any atom is 0.335 e. The Labute approximate surface area is 184 Å². The average molecular weight is 481 g/mol. The second-order valence-corrected chi connectivity index (χ2v) is 10.2. The van der Waals surface area contributed by atoms with Crippen LogP contribution in [-0.2, 0) is 20.0 Å². The predicted octanol–water partition coefficient (Wildman–Crippen LogP) is 3.95. The van der Waals surface area contributed by atoms with Gasteiger partial charge in [-0.25, -0.2) is 21.6 Å². The van der Waals surface area contributed by atoms with Crippen LogP contribution >= 0.6 is 11.6 Å². The zero-order valence-corrected chi connectivity index (χ0v) is 18.4. The Hall–Kier alpha value is -3.08. The summed E-state index contributed by atoms with van der Waals surface area (Å²) in [6.45, 7) is 1.57. The number of anilines is 2. The summed E-state index contributed by atoms with van der Waals surface area (Å²) in [5.41, 5.74) is 0.544. The number of nitrogens with one attached hydrogen (secondary N) is 2. The molecule has 0 unspecified atom stereocenters. The lowest BCUT2D eigenvalue weighted by atomic mass is 10.2. The number of hydrogen-bond acceptors (Lipinski definition) is 5. The molecule has 0 saturated heterocycles. The maximum absolute atomic E-state index is 12.9. The Balaban J connectivity index is 1.91. The highest BCUT2D eigenvalue weighted by Crippen LogP contribution is 2.27. The second-order valence-electron chi connectivity index (χ2n) is 6.50. The van der Waals surface area contributed by atoms with E-state index in [2.05, 4.69) is 9.44 Å². The summed E-state index contributed by atoms with van der Waals surface area (Å²) >= 11 is 6.02. The van der Waals surface area contributed by atoms with Crippen LogP contribution in [0.15, 0.2) is 76.5 Å². The number of halogens is 1. The molecular weight excluding hydrogens is 464 g/mol. The standard InChI is InChI=1S/C20H17ClN2O6S2/c1-13-6-9-15(22-30(26,27)16-10-7-14(8-11-16)20(24)25)12-19(13)31(28,29)23-18-5-3-2-4-17(18)21/h2-12,22-23H,1H3,(H,24,25). The zero-order valence-electron chi connectivity index (χ0n) is 16.0. The third kappa shape index (κ3) is 5.16. The van der Waals surface area contributed by atoms with E-state index in [-0.39, 0.29) is 31.8 Å². The molecule has 0 aliphatic rings. The number of para-hydroxylation sites is 1. The molecule has 11 heteroatoms. The van der Waals surface area contributed by atoms with Crippen LogP contribution in [0.5, 0.6) is 0 Å². The number of carboxylic acids is 1. The van der Waals surface area contributed by atoms with Gasteiger partial charge in [-0.1, -0.05) is 29.8 Å². The van der Waals surface area contributed by atoms with Crippen LogP contribution < -0.4 is 9.44 Å². The van der Waals surface area contributed by atoms with Crippen molar-refractivity contribution >= 4 is 49.0 Å². The molecule has 0 heterocycles. The molecule has 0 radical (unpaired) electrons. The van der Waals surface area contributed by atoms with Gasteiger partial charge in [-0.05, 0) is 61.0 Å². The molecule has 0 aliphatic heterocycles. The fourth-order valence-electron chi connectivity index (χ4n) is 2.69. The number of aryl methyl sites for hydroxylation is 1. The van der Waals surface area contributed by atoms with E-state index in [1.54, 1.807) is 19.1 Å². The van der Waals surface area contributed by atoms with Crippen LogP contribution in [-0.4, -0.2) is 27.9 Å². The third-order valence-electron chi connectivity index (χ3n) is 4.26. The molecule has 0 spiro atoms. The normalized spacial score (nSPS) is 11.7. The minimum Gasteiger partial charge on any atom is -0.478 e. The largest absolute Gasteiger partial charge is 0.478 e. The first-order valence-corrected chi connectivity index (χ1v) is 12.1. The molecule has 3 aromatic rings. The van der Waals surface area contributed by atoms with Crippen molar-refractivity contribution in [3.63, 3.8) is 0 Å². The van der Waals surface area contributed by atoms with Crippen molar-refractivity contribution in [3.8, 4) is 0 Å². The van der Waals surface area contributed by atoms with Gasteiger partial charge in [-0.3, -0.25) is 9.44 Å². The number of sulfonamides is 2. The van der Waals surface area contributed by atoms with Gasteiger partial charge < -0.3 is 5.11 Å². The Kier molecular flexibility index (Phi) is 6.25. The van der Waals surface area contributed by atoms with Crippen LogP contribution in [0, 0.1) is 6.92 Å². The van der Waals surface area contributed by atoms with Gasteiger partial charge in [0.15, 0.2) is 0 Å². The van der Waals surface area contributed by atoms with Crippen molar-refractivity contribution in [1.82, 2.24) is 0 Å². The zero-order chi connectivity index (χ0) is 22.8. The molecule has 0 fully saturated rings. The van der Waals surface area contributed by atoms with Crippen LogP contribution in [0.4, 0.5) is 11.4 Å². The molecule has 0 atom stereocenters. The fourth-order valence-corrected chi connectivity index (χ4v) is 5.33. The molecule has 0 saturated carbocycles. The molecule has 8 nitrogen and oxygen atoms in total. The van der Waals surface area contributed by atoms with E-state index >= 15 is 0 Å². The molecule has 0 amide bonds. The molecule has 3 rings (SSSR count). The van der Waals surface area contributed by atoms with Crippen molar-refractivity contribution in [1.29, 1.82) is 0 Å². The summed E-state index contributed by atoms with van der Waals surface area (Å²) in [4.78, 5) is 10.6. The van der Waals surface area contributed by atoms with Gasteiger partial charge in [0.2, 0.25) is 0 Å². The Morgan fingerprint density at radius 1 is 0.871 bits per heavy atom. The number of hydrogen-bond donors (Lipinski definition) is 3. The molecule has 3 N–H and O–H groups in total. The topological polar surface area (TPSA) is 130 Å².